The fraction of sp³-hybridized carbons (Fsp3) is 0.538. The van der Waals surface area contributed by atoms with Crippen LogP contribution in [0.2, 0.25) is 0 Å². The fourth-order valence-electron chi connectivity index (χ4n) is 2.29. The van der Waals surface area contributed by atoms with Crippen LogP contribution in [0.15, 0.2) is 24.3 Å². The number of hydrogen-bond donors (Lipinski definition) is 1. The highest BCUT2D eigenvalue weighted by molar-refractivity contribution is 5.24. The molecule has 1 aromatic rings. The quantitative estimate of drug-likeness (QED) is 0.722. The van der Waals surface area contributed by atoms with Crippen molar-refractivity contribution in [2.24, 2.45) is 5.73 Å². The van der Waals surface area contributed by atoms with Gasteiger partial charge in [0.15, 0.2) is 0 Å². The first-order chi connectivity index (χ1) is 6.75. The maximum Gasteiger partial charge on any atom is 0.00392 e. The van der Waals surface area contributed by atoms with Crippen molar-refractivity contribution in [1.82, 2.24) is 0 Å². The molecule has 2 N–H and O–H groups in total. The molecule has 1 nitrogen and oxygen atoms in total. The summed E-state index contributed by atoms with van der Waals surface area (Å²) in [6, 6.07) is 9.43. The van der Waals surface area contributed by atoms with Gasteiger partial charge >= 0.3 is 0 Å². The van der Waals surface area contributed by atoms with Crippen LogP contribution >= 0.6 is 0 Å². The minimum absolute atomic E-state index is 0.455. The van der Waals surface area contributed by atoms with Crippen LogP contribution in [0.4, 0.5) is 0 Å². The molecule has 14 heavy (non-hydrogen) atoms. The van der Waals surface area contributed by atoms with Gasteiger partial charge in [0.25, 0.3) is 0 Å². The van der Waals surface area contributed by atoms with Gasteiger partial charge in [-0.3, -0.25) is 0 Å². The average molecular weight is 189 g/mol. The van der Waals surface area contributed by atoms with Crippen molar-refractivity contribution in [2.75, 3.05) is 0 Å². The van der Waals surface area contributed by atoms with Crippen LogP contribution in [0.25, 0.3) is 0 Å². The highest BCUT2D eigenvalue weighted by Crippen LogP contribution is 2.32. The lowest BCUT2D eigenvalue weighted by Gasteiger charge is -2.26. The molecule has 2 rings (SSSR count). The Hall–Kier alpha value is -0.820. The monoisotopic (exact) mass is 189 g/mol. The van der Waals surface area contributed by atoms with Gasteiger partial charge in [0.2, 0.25) is 0 Å². The summed E-state index contributed by atoms with van der Waals surface area (Å²) in [4.78, 5) is 0. The van der Waals surface area contributed by atoms with Crippen molar-refractivity contribution in [3.63, 3.8) is 0 Å². The molecule has 0 amide bonds. The smallest absolute Gasteiger partial charge is 0.00392 e. The van der Waals surface area contributed by atoms with Crippen LogP contribution in [-0.2, 0) is 0 Å². The molecule has 1 fully saturated rings. The van der Waals surface area contributed by atoms with E-state index in [0.717, 1.165) is 5.92 Å². The maximum absolute atomic E-state index is 5.90. The molecule has 0 aliphatic heterocycles. The lowest BCUT2D eigenvalue weighted by molar-refractivity contribution is 0.395. The number of hydrogen-bond acceptors (Lipinski definition) is 1. The summed E-state index contributed by atoms with van der Waals surface area (Å²) < 4.78 is 0. The van der Waals surface area contributed by atoms with Crippen LogP contribution in [-0.4, -0.2) is 6.04 Å². The molecule has 0 unspecified atom stereocenters. The largest absolute Gasteiger partial charge is 0.328 e. The van der Waals surface area contributed by atoms with Crippen LogP contribution in [0.3, 0.4) is 0 Å². The Morgan fingerprint density at radius 2 is 1.57 bits per heavy atom. The fourth-order valence-corrected chi connectivity index (χ4v) is 2.29. The summed E-state index contributed by atoms with van der Waals surface area (Å²) in [6.07, 6.45) is 4.92. The third-order valence-electron chi connectivity index (χ3n) is 3.32. The highest BCUT2D eigenvalue weighted by Gasteiger charge is 2.19. The number of rotatable bonds is 1. The zero-order chi connectivity index (χ0) is 9.97. The molecule has 1 aliphatic carbocycles. The van der Waals surface area contributed by atoms with E-state index in [4.69, 9.17) is 5.73 Å². The first-order valence-corrected chi connectivity index (χ1v) is 5.58. The minimum atomic E-state index is 0.455. The van der Waals surface area contributed by atoms with Crippen LogP contribution in [0.5, 0.6) is 0 Å². The van der Waals surface area contributed by atoms with E-state index in [2.05, 4.69) is 31.2 Å². The van der Waals surface area contributed by atoms with Crippen molar-refractivity contribution in [3.05, 3.63) is 35.4 Å². The Balaban J connectivity index is 2.05. The van der Waals surface area contributed by atoms with Gasteiger partial charge in [0, 0.05) is 6.04 Å². The summed E-state index contributed by atoms with van der Waals surface area (Å²) >= 11 is 0. The Bertz CT molecular complexity index is 281. The first kappa shape index (κ1) is 9.72. The summed E-state index contributed by atoms with van der Waals surface area (Å²) in [5.74, 6) is 0.760. The van der Waals surface area contributed by atoms with Gasteiger partial charge in [-0.2, -0.15) is 0 Å². The van der Waals surface area contributed by atoms with Gasteiger partial charge in [-0.25, -0.2) is 0 Å². The number of nitrogens with two attached hydrogens (primary N) is 1. The first-order valence-electron chi connectivity index (χ1n) is 5.58. The second kappa shape index (κ2) is 4.14. The lowest BCUT2D eigenvalue weighted by Crippen LogP contribution is -2.25. The molecule has 0 spiro atoms. The average Bonchev–Trinajstić information content (AvgIpc) is 2.21. The summed E-state index contributed by atoms with van der Waals surface area (Å²) in [5.41, 5.74) is 8.75. The second-order valence-electron chi connectivity index (χ2n) is 4.52. The van der Waals surface area contributed by atoms with Gasteiger partial charge < -0.3 is 5.73 Å². The Kier molecular flexibility index (Phi) is 2.87. The van der Waals surface area contributed by atoms with E-state index in [-0.39, 0.29) is 0 Å². The van der Waals surface area contributed by atoms with Gasteiger partial charge in [-0.1, -0.05) is 29.8 Å². The molecule has 0 aromatic heterocycles. The van der Waals surface area contributed by atoms with Gasteiger partial charge in [0.1, 0.15) is 0 Å². The standard InChI is InChI=1S/C13H19N/c1-10-2-4-11(5-3-10)12-6-8-13(14)9-7-12/h2-5,12-13H,6-9,14H2,1H3/t12-,13-. The topological polar surface area (TPSA) is 26.0 Å². The van der Waals surface area contributed by atoms with Crippen LogP contribution in [0, 0.1) is 6.92 Å². The van der Waals surface area contributed by atoms with E-state index in [0.29, 0.717) is 6.04 Å². The molecule has 1 aliphatic rings. The lowest BCUT2D eigenvalue weighted by atomic mass is 9.82. The Labute approximate surface area is 86.3 Å². The SMILES string of the molecule is Cc1ccc([C@H]2CC[C@H](N)CC2)cc1. The van der Waals surface area contributed by atoms with E-state index in [9.17, 15) is 0 Å². The minimum Gasteiger partial charge on any atom is -0.328 e. The molecule has 0 heterocycles. The predicted molar refractivity (Wildman–Crippen MR) is 60.4 cm³/mol. The van der Waals surface area contributed by atoms with Crippen LogP contribution in [0.1, 0.15) is 42.7 Å². The molecule has 0 radical (unpaired) electrons. The molecule has 0 bridgehead atoms. The van der Waals surface area contributed by atoms with Crippen molar-refractivity contribution < 1.29 is 0 Å². The predicted octanol–water partition coefficient (Wildman–Crippen LogP) is 2.98. The normalized spacial score (nSPS) is 27.6. The molecule has 1 aromatic carbocycles. The summed E-state index contributed by atoms with van der Waals surface area (Å²) in [7, 11) is 0. The Morgan fingerprint density at radius 1 is 1.00 bits per heavy atom. The maximum atomic E-state index is 5.90. The second-order valence-corrected chi connectivity index (χ2v) is 4.52. The van der Waals surface area contributed by atoms with Gasteiger partial charge in [-0.05, 0) is 44.1 Å². The van der Waals surface area contributed by atoms with Crippen molar-refractivity contribution in [3.8, 4) is 0 Å². The summed E-state index contributed by atoms with van der Waals surface area (Å²) in [6.45, 7) is 2.14. The molecular weight excluding hydrogens is 170 g/mol. The van der Waals surface area contributed by atoms with Crippen LogP contribution < -0.4 is 5.73 Å². The molecule has 1 heteroatoms. The van der Waals surface area contributed by atoms with Crippen molar-refractivity contribution >= 4 is 0 Å². The van der Waals surface area contributed by atoms with E-state index < -0.39 is 0 Å². The van der Waals surface area contributed by atoms with Gasteiger partial charge in [0.05, 0.1) is 0 Å². The third-order valence-corrected chi connectivity index (χ3v) is 3.32. The molecule has 0 atom stereocenters. The van der Waals surface area contributed by atoms with E-state index in [1.165, 1.54) is 36.8 Å². The van der Waals surface area contributed by atoms with E-state index in [1.54, 1.807) is 0 Å². The highest BCUT2D eigenvalue weighted by atomic mass is 14.6. The van der Waals surface area contributed by atoms with Crippen molar-refractivity contribution in [1.29, 1.82) is 0 Å². The summed E-state index contributed by atoms with van der Waals surface area (Å²) in [5, 5.41) is 0. The number of benzene rings is 1. The zero-order valence-corrected chi connectivity index (χ0v) is 8.87. The molecule has 0 saturated heterocycles. The zero-order valence-electron chi connectivity index (χ0n) is 8.87. The third kappa shape index (κ3) is 2.16. The van der Waals surface area contributed by atoms with E-state index in [1.807, 2.05) is 0 Å². The molecular formula is C13H19N. The van der Waals surface area contributed by atoms with E-state index >= 15 is 0 Å². The van der Waals surface area contributed by atoms with Gasteiger partial charge in [-0.15, -0.1) is 0 Å². The van der Waals surface area contributed by atoms with Crippen molar-refractivity contribution in [2.45, 2.75) is 44.6 Å². The number of aryl methyl sites for hydroxylation is 1. The Morgan fingerprint density at radius 3 is 2.14 bits per heavy atom. The molecule has 1 saturated carbocycles. The molecule has 76 valence electrons.